The minimum absolute atomic E-state index is 0.0559. The van der Waals surface area contributed by atoms with E-state index in [0.29, 0.717) is 0 Å². The molecule has 0 radical (unpaired) electrons. The van der Waals surface area contributed by atoms with Gasteiger partial charge in [-0.05, 0) is 13.0 Å². The van der Waals surface area contributed by atoms with Crippen molar-refractivity contribution in [1.29, 1.82) is 0 Å². The highest BCUT2D eigenvalue weighted by atomic mass is 79.9. The van der Waals surface area contributed by atoms with Gasteiger partial charge in [-0.25, -0.2) is 0 Å². The number of rotatable bonds is 2. The first-order valence-corrected chi connectivity index (χ1v) is 4.78. The van der Waals surface area contributed by atoms with Crippen molar-refractivity contribution in [3.8, 4) is 11.5 Å². The molecule has 0 aliphatic carbocycles. The van der Waals surface area contributed by atoms with Gasteiger partial charge < -0.3 is 9.84 Å². The minimum Gasteiger partial charge on any atom is -0.504 e. The number of aldehydes is 1. The number of phenolic OH excluding ortho intramolecular Hbond substituents is 1. The summed E-state index contributed by atoms with van der Waals surface area (Å²) in [6.45, 7) is 1.32. The summed E-state index contributed by atoms with van der Waals surface area (Å²) in [5.41, 5.74) is -0.225. The molecule has 1 N–H and O–H groups in total. The van der Waals surface area contributed by atoms with E-state index in [9.17, 15) is 23.1 Å². The number of halogens is 4. The second-order valence-corrected chi connectivity index (χ2v) is 3.77. The van der Waals surface area contributed by atoms with Gasteiger partial charge in [0.25, 0.3) is 0 Å². The number of phenols is 1. The number of hydrogen-bond acceptors (Lipinski definition) is 3. The summed E-state index contributed by atoms with van der Waals surface area (Å²) in [5, 5.41) is 9.38. The Morgan fingerprint density at radius 3 is 2.50 bits per heavy atom. The van der Waals surface area contributed by atoms with Crippen molar-refractivity contribution in [3.63, 3.8) is 0 Å². The maximum absolute atomic E-state index is 12.0. The maximum atomic E-state index is 12.0. The normalized spacial score (nSPS) is 11.3. The predicted molar refractivity (Wildman–Crippen MR) is 52.6 cm³/mol. The highest BCUT2D eigenvalue weighted by Crippen LogP contribution is 2.40. The van der Waals surface area contributed by atoms with Crippen molar-refractivity contribution >= 4 is 22.2 Å². The molecule has 0 unspecified atom stereocenters. The lowest BCUT2D eigenvalue weighted by molar-refractivity contribution is -0.275. The molecule has 0 atom stereocenters. The summed E-state index contributed by atoms with van der Waals surface area (Å²) >= 11 is 2.96. The van der Waals surface area contributed by atoms with E-state index in [1.807, 2.05) is 0 Å². The molecule has 0 fully saturated rings. The highest BCUT2D eigenvalue weighted by molar-refractivity contribution is 9.10. The summed E-state index contributed by atoms with van der Waals surface area (Å²) in [6.07, 6.45) is -4.69. The lowest BCUT2D eigenvalue weighted by Gasteiger charge is -2.14. The average molecular weight is 299 g/mol. The van der Waals surface area contributed by atoms with Crippen LogP contribution in [0, 0.1) is 6.92 Å². The van der Waals surface area contributed by atoms with Crippen LogP contribution in [0.1, 0.15) is 15.9 Å². The molecule has 0 aromatic heterocycles. The third-order valence-electron chi connectivity index (χ3n) is 1.81. The standard InChI is InChI=1S/C9H6BrF3O3/c1-4-6(10)2-5(3-14)7(15)8(4)16-9(11,12)13/h2-3,15H,1H3. The van der Waals surface area contributed by atoms with Crippen molar-refractivity contribution < 1.29 is 27.8 Å². The van der Waals surface area contributed by atoms with E-state index in [1.165, 1.54) is 13.0 Å². The third kappa shape index (κ3) is 2.66. The number of carbonyl (C=O) groups is 1. The summed E-state index contributed by atoms with van der Waals surface area (Å²) in [6, 6.07) is 1.21. The fraction of sp³-hybridized carbons (Fsp3) is 0.222. The Morgan fingerprint density at radius 1 is 1.50 bits per heavy atom. The molecule has 0 aliphatic heterocycles. The van der Waals surface area contributed by atoms with Gasteiger partial charge in [0.2, 0.25) is 0 Å². The van der Waals surface area contributed by atoms with Gasteiger partial charge in [-0.15, -0.1) is 13.2 Å². The maximum Gasteiger partial charge on any atom is 0.573 e. The molecule has 0 heterocycles. The Morgan fingerprint density at radius 2 is 2.06 bits per heavy atom. The quantitative estimate of drug-likeness (QED) is 0.853. The van der Waals surface area contributed by atoms with Crippen molar-refractivity contribution in [3.05, 3.63) is 21.7 Å². The smallest absolute Gasteiger partial charge is 0.504 e. The first-order chi connectivity index (χ1) is 7.26. The Balaban J connectivity index is 3.36. The first kappa shape index (κ1) is 12.8. The van der Waals surface area contributed by atoms with E-state index in [0.717, 1.165) is 0 Å². The van der Waals surface area contributed by atoms with Gasteiger partial charge >= 0.3 is 6.36 Å². The van der Waals surface area contributed by atoms with Gasteiger partial charge in [0.15, 0.2) is 17.8 Å². The monoisotopic (exact) mass is 298 g/mol. The van der Waals surface area contributed by atoms with Crippen LogP contribution in [0.25, 0.3) is 0 Å². The zero-order valence-corrected chi connectivity index (χ0v) is 9.52. The van der Waals surface area contributed by atoms with Crippen LogP contribution in [-0.2, 0) is 0 Å². The summed E-state index contributed by atoms with van der Waals surface area (Å²) in [7, 11) is 0. The number of carbonyl (C=O) groups excluding carboxylic acids is 1. The SMILES string of the molecule is Cc1c(Br)cc(C=O)c(O)c1OC(F)(F)F. The topological polar surface area (TPSA) is 46.5 Å². The predicted octanol–water partition coefficient (Wildman–Crippen LogP) is 3.17. The number of benzene rings is 1. The Bertz CT molecular complexity index is 429. The van der Waals surface area contributed by atoms with E-state index < -0.39 is 17.9 Å². The first-order valence-electron chi connectivity index (χ1n) is 3.99. The van der Waals surface area contributed by atoms with Gasteiger partial charge in [0, 0.05) is 10.0 Å². The minimum atomic E-state index is -4.93. The molecule has 88 valence electrons. The number of ether oxygens (including phenoxy) is 1. The van der Waals surface area contributed by atoms with Crippen molar-refractivity contribution in [1.82, 2.24) is 0 Å². The molecular formula is C9H6BrF3O3. The van der Waals surface area contributed by atoms with Crippen LogP contribution in [0.4, 0.5) is 13.2 Å². The summed E-state index contributed by atoms with van der Waals surface area (Å²) < 4.78 is 40.0. The van der Waals surface area contributed by atoms with Crippen LogP contribution >= 0.6 is 15.9 Å². The molecule has 0 aliphatic rings. The number of alkyl halides is 3. The molecule has 16 heavy (non-hydrogen) atoms. The van der Waals surface area contributed by atoms with Crippen molar-refractivity contribution in [2.24, 2.45) is 0 Å². The Labute approximate surface area is 97.0 Å². The van der Waals surface area contributed by atoms with E-state index in [-0.39, 0.29) is 21.9 Å². The summed E-state index contributed by atoms with van der Waals surface area (Å²) in [5.74, 6) is -1.60. The average Bonchev–Trinajstić information content (AvgIpc) is 2.17. The van der Waals surface area contributed by atoms with Gasteiger partial charge in [0.1, 0.15) is 0 Å². The molecule has 0 spiro atoms. The Kier molecular flexibility index (Phi) is 3.47. The van der Waals surface area contributed by atoms with E-state index >= 15 is 0 Å². The third-order valence-corrected chi connectivity index (χ3v) is 2.64. The second-order valence-electron chi connectivity index (χ2n) is 2.92. The summed E-state index contributed by atoms with van der Waals surface area (Å²) in [4.78, 5) is 10.5. The lowest BCUT2D eigenvalue weighted by atomic mass is 10.1. The number of hydrogen-bond donors (Lipinski definition) is 1. The largest absolute Gasteiger partial charge is 0.573 e. The number of aromatic hydroxyl groups is 1. The fourth-order valence-corrected chi connectivity index (χ4v) is 1.49. The van der Waals surface area contributed by atoms with Crippen LogP contribution in [0.15, 0.2) is 10.5 Å². The molecule has 3 nitrogen and oxygen atoms in total. The molecule has 7 heteroatoms. The van der Waals surface area contributed by atoms with Gasteiger partial charge in [-0.2, -0.15) is 0 Å². The van der Waals surface area contributed by atoms with Crippen LogP contribution in [0.5, 0.6) is 11.5 Å². The van der Waals surface area contributed by atoms with E-state index in [2.05, 4.69) is 20.7 Å². The van der Waals surface area contributed by atoms with Gasteiger partial charge in [-0.3, -0.25) is 4.79 Å². The fourth-order valence-electron chi connectivity index (χ4n) is 1.06. The second kappa shape index (κ2) is 4.32. The molecule has 1 aromatic carbocycles. The molecule has 1 rings (SSSR count). The molecule has 0 amide bonds. The molecule has 1 aromatic rings. The van der Waals surface area contributed by atoms with Gasteiger partial charge in [0.05, 0.1) is 5.56 Å². The molecular weight excluding hydrogens is 293 g/mol. The van der Waals surface area contributed by atoms with E-state index in [4.69, 9.17) is 0 Å². The zero-order chi connectivity index (χ0) is 12.5. The van der Waals surface area contributed by atoms with Crippen LogP contribution in [0.3, 0.4) is 0 Å². The van der Waals surface area contributed by atoms with Crippen molar-refractivity contribution in [2.75, 3.05) is 0 Å². The van der Waals surface area contributed by atoms with Crippen LogP contribution < -0.4 is 4.74 Å². The highest BCUT2D eigenvalue weighted by Gasteiger charge is 2.34. The Hall–Kier alpha value is -1.24. The zero-order valence-electron chi connectivity index (χ0n) is 7.93. The van der Waals surface area contributed by atoms with Crippen LogP contribution in [-0.4, -0.2) is 17.8 Å². The van der Waals surface area contributed by atoms with Crippen LogP contribution in [0.2, 0.25) is 0 Å². The molecule has 0 saturated heterocycles. The van der Waals surface area contributed by atoms with Crippen molar-refractivity contribution in [2.45, 2.75) is 13.3 Å². The molecule has 0 bridgehead atoms. The molecule has 0 saturated carbocycles. The van der Waals surface area contributed by atoms with Gasteiger partial charge in [-0.1, -0.05) is 15.9 Å². The lowest BCUT2D eigenvalue weighted by Crippen LogP contribution is -2.18. The van der Waals surface area contributed by atoms with E-state index in [1.54, 1.807) is 0 Å².